The van der Waals surface area contributed by atoms with Gasteiger partial charge in [0.25, 0.3) is 0 Å². The number of aromatic amines is 1. The second-order valence-electron chi connectivity index (χ2n) is 7.44. The minimum atomic E-state index is -0.222. The van der Waals surface area contributed by atoms with E-state index in [9.17, 15) is 4.79 Å². The molecule has 5 heteroatoms. The van der Waals surface area contributed by atoms with Crippen LogP contribution in [0.15, 0.2) is 41.2 Å². The van der Waals surface area contributed by atoms with E-state index in [-0.39, 0.29) is 16.6 Å². The second kappa shape index (κ2) is 6.99. The molecular formula is C22H25NO4. The lowest BCUT2D eigenvalue weighted by Gasteiger charge is -2.19. The van der Waals surface area contributed by atoms with Gasteiger partial charge in [-0.1, -0.05) is 45.0 Å². The van der Waals surface area contributed by atoms with Crippen molar-refractivity contribution in [2.45, 2.75) is 26.2 Å². The van der Waals surface area contributed by atoms with Crippen molar-refractivity contribution < 1.29 is 14.2 Å². The monoisotopic (exact) mass is 367 g/mol. The van der Waals surface area contributed by atoms with Crippen molar-refractivity contribution in [3.63, 3.8) is 0 Å². The minimum absolute atomic E-state index is 0.0557. The summed E-state index contributed by atoms with van der Waals surface area (Å²) in [5.41, 5.74) is 3.19. The molecule has 1 aromatic heterocycles. The predicted octanol–water partition coefficient (Wildman–Crippen LogP) is 4.52. The van der Waals surface area contributed by atoms with Gasteiger partial charge in [-0.05, 0) is 11.0 Å². The zero-order valence-electron chi connectivity index (χ0n) is 16.6. The SMILES string of the molecule is COc1cc(OC)c2c(=O)c(OC)c(-c3ccc(C(C)(C)C)cc3)[nH]c2c1. The Morgan fingerprint density at radius 2 is 1.56 bits per heavy atom. The number of methoxy groups -OCH3 is 3. The highest BCUT2D eigenvalue weighted by Crippen LogP contribution is 2.34. The van der Waals surface area contributed by atoms with Crippen molar-refractivity contribution >= 4 is 10.9 Å². The standard InChI is InChI=1S/C22H25NO4/c1-22(2,3)14-9-7-13(8-10-14)19-21(27-6)20(24)18-16(23-19)11-15(25-4)12-17(18)26-5/h7-12H,1-6H3,(H,23,24). The lowest BCUT2D eigenvalue weighted by atomic mass is 9.86. The normalized spacial score (nSPS) is 11.5. The number of rotatable bonds is 4. The van der Waals surface area contributed by atoms with Gasteiger partial charge in [-0.3, -0.25) is 4.79 Å². The molecule has 0 saturated heterocycles. The molecule has 1 heterocycles. The van der Waals surface area contributed by atoms with Gasteiger partial charge in [0.15, 0.2) is 5.75 Å². The van der Waals surface area contributed by atoms with Crippen LogP contribution in [0.1, 0.15) is 26.3 Å². The molecule has 0 saturated carbocycles. The maximum absolute atomic E-state index is 13.1. The number of benzene rings is 2. The zero-order valence-corrected chi connectivity index (χ0v) is 16.6. The third kappa shape index (κ3) is 3.37. The van der Waals surface area contributed by atoms with Gasteiger partial charge in [0.1, 0.15) is 11.5 Å². The van der Waals surface area contributed by atoms with Crippen molar-refractivity contribution in [2.75, 3.05) is 21.3 Å². The summed E-state index contributed by atoms with van der Waals surface area (Å²) in [6.07, 6.45) is 0. The Kier molecular flexibility index (Phi) is 4.87. The summed E-state index contributed by atoms with van der Waals surface area (Å²) in [5, 5.41) is 0.435. The topological polar surface area (TPSA) is 60.6 Å². The molecule has 0 bridgehead atoms. The molecule has 0 amide bonds. The van der Waals surface area contributed by atoms with Crippen LogP contribution in [-0.4, -0.2) is 26.3 Å². The molecule has 0 aliphatic rings. The van der Waals surface area contributed by atoms with E-state index in [0.29, 0.717) is 28.1 Å². The van der Waals surface area contributed by atoms with Crippen LogP contribution < -0.4 is 19.6 Å². The van der Waals surface area contributed by atoms with Crippen molar-refractivity contribution in [1.29, 1.82) is 0 Å². The van der Waals surface area contributed by atoms with Crippen LogP contribution in [-0.2, 0) is 5.41 Å². The number of ether oxygens (including phenoxy) is 3. The molecule has 3 aromatic rings. The van der Waals surface area contributed by atoms with E-state index in [0.717, 1.165) is 5.56 Å². The maximum atomic E-state index is 13.1. The fourth-order valence-corrected chi connectivity index (χ4v) is 3.16. The van der Waals surface area contributed by atoms with E-state index >= 15 is 0 Å². The lowest BCUT2D eigenvalue weighted by molar-refractivity contribution is 0.396. The summed E-state index contributed by atoms with van der Waals surface area (Å²) >= 11 is 0. The first-order chi connectivity index (χ1) is 12.8. The van der Waals surface area contributed by atoms with E-state index in [1.165, 1.54) is 19.8 Å². The molecule has 0 spiro atoms. The Labute approximate surface area is 158 Å². The van der Waals surface area contributed by atoms with Crippen LogP contribution in [0.4, 0.5) is 0 Å². The average molecular weight is 367 g/mol. The molecule has 5 nitrogen and oxygen atoms in total. The molecule has 0 aliphatic heterocycles. The number of hydrogen-bond acceptors (Lipinski definition) is 4. The fraction of sp³-hybridized carbons (Fsp3) is 0.318. The summed E-state index contributed by atoms with van der Waals surface area (Å²) in [6, 6.07) is 11.6. The Bertz CT molecular complexity index is 1030. The molecule has 1 N–H and O–H groups in total. The van der Waals surface area contributed by atoms with E-state index in [4.69, 9.17) is 14.2 Å². The largest absolute Gasteiger partial charge is 0.497 e. The summed E-state index contributed by atoms with van der Waals surface area (Å²) in [6.45, 7) is 6.50. The molecular weight excluding hydrogens is 342 g/mol. The third-order valence-electron chi connectivity index (χ3n) is 4.70. The second-order valence-corrected chi connectivity index (χ2v) is 7.44. The van der Waals surface area contributed by atoms with Crippen LogP contribution in [0.5, 0.6) is 17.2 Å². The first-order valence-corrected chi connectivity index (χ1v) is 8.77. The highest BCUT2D eigenvalue weighted by Gasteiger charge is 2.19. The predicted molar refractivity (Wildman–Crippen MR) is 108 cm³/mol. The summed E-state index contributed by atoms with van der Waals surface area (Å²) in [7, 11) is 4.60. The molecule has 0 unspecified atom stereocenters. The van der Waals surface area contributed by atoms with Crippen molar-refractivity contribution in [3.05, 3.63) is 52.2 Å². The summed E-state index contributed by atoms with van der Waals surface area (Å²) in [5.74, 6) is 1.31. The minimum Gasteiger partial charge on any atom is -0.497 e. The van der Waals surface area contributed by atoms with Gasteiger partial charge in [0, 0.05) is 17.7 Å². The maximum Gasteiger partial charge on any atom is 0.235 e. The Balaban J connectivity index is 2.28. The van der Waals surface area contributed by atoms with E-state index in [1.54, 1.807) is 19.2 Å². The number of pyridine rings is 1. The van der Waals surface area contributed by atoms with Gasteiger partial charge in [0.2, 0.25) is 5.43 Å². The van der Waals surface area contributed by atoms with Gasteiger partial charge in [0.05, 0.1) is 37.9 Å². The molecule has 2 aromatic carbocycles. The van der Waals surface area contributed by atoms with Crippen LogP contribution >= 0.6 is 0 Å². The van der Waals surface area contributed by atoms with Crippen LogP contribution in [0.2, 0.25) is 0 Å². The first kappa shape index (κ1) is 18.8. The van der Waals surface area contributed by atoms with Gasteiger partial charge < -0.3 is 19.2 Å². The Morgan fingerprint density at radius 3 is 2.07 bits per heavy atom. The molecule has 27 heavy (non-hydrogen) atoms. The van der Waals surface area contributed by atoms with Gasteiger partial charge in [-0.25, -0.2) is 0 Å². The number of hydrogen-bond donors (Lipinski definition) is 1. The molecule has 0 radical (unpaired) electrons. The number of aromatic nitrogens is 1. The van der Waals surface area contributed by atoms with E-state index < -0.39 is 0 Å². The van der Waals surface area contributed by atoms with E-state index in [1.807, 2.05) is 12.1 Å². The number of nitrogens with one attached hydrogen (secondary N) is 1. The third-order valence-corrected chi connectivity index (χ3v) is 4.70. The smallest absolute Gasteiger partial charge is 0.235 e. The molecule has 142 valence electrons. The highest BCUT2D eigenvalue weighted by molar-refractivity contribution is 5.90. The molecule has 0 fully saturated rings. The van der Waals surface area contributed by atoms with Crippen molar-refractivity contribution in [1.82, 2.24) is 4.98 Å². The Hall–Kier alpha value is -2.95. The molecule has 3 rings (SSSR count). The number of H-pyrrole nitrogens is 1. The highest BCUT2D eigenvalue weighted by atomic mass is 16.5. The van der Waals surface area contributed by atoms with Crippen LogP contribution in [0.25, 0.3) is 22.2 Å². The lowest BCUT2D eigenvalue weighted by Crippen LogP contribution is -2.12. The van der Waals surface area contributed by atoms with E-state index in [2.05, 4.69) is 37.9 Å². The van der Waals surface area contributed by atoms with Crippen molar-refractivity contribution in [2.24, 2.45) is 0 Å². The molecule has 0 aliphatic carbocycles. The van der Waals surface area contributed by atoms with Gasteiger partial charge in [-0.15, -0.1) is 0 Å². The summed E-state index contributed by atoms with van der Waals surface area (Å²) < 4.78 is 16.2. The average Bonchev–Trinajstić information content (AvgIpc) is 2.66. The number of fused-ring (bicyclic) bond motifs is 1. The summed E-state index contributed by atoms with van der Waals surface area (Å²) in [4.78, 5) is 16.4. The quantitative estimate of drug-likeness (QED) is 0.737. The zero-order chi connectivity index (χ0) is 19.8. The van der Waals surface area contributed by atoms with Gasteiger partial charge >= 0.3 is 0 Å². The van der Waals surface area contributed by atoms with Crippen LogP contribution in [0.3, 0.4) is 0 Å². The van der Waals surface area contributed by atoms with Crippen LogP contribution in [0, 0.1) is 0 Å². The Morgan fingerprint density at radius 1 is 0.889 bits per heavy atom. The van der Waals surface area contributed by atoms with Crippen molar-refractivity contribution in [3.8, 4) is 28.5 Å². The van der Waals surface area contributed by atoms with Gasteiger partial charge in [-0.2, -0.15) is 0 Å². The first-order valence-electron chi connectivity index (χ1n) is 8.77. The molecule has 0 atom stereocenters. The fourth-order valence-electron chi connectivity index (χ4n) is 3.16.